The van der Waals surface area contributed by atoms with Crippen LogP contribution >= 0.6 is 0 Å². The highest BCUT2D eigenvalue weighted by molar-refractivity contribution is 6.04. The van der Waals surface area contributed by atoms with Crippen molar-refractivity contribution < 1.29 is 9.59 Å². The predicted octanol–water partition coefficient (Wildman–Crippen LogP) is 6.62. The Labute approximate surface area is 245 Å². The largest absolute Gasteiger partial charge is 0.338 e. The first-order chi connectivity index (χ1) is 20.0. The highest BCUT2D eigenvalue weighted by atomic mass is 16.2. The van der Waals surface area contributed by atoms with Crippen molar-refractivity contribution in [1.29, 1.82) is 0 Å². The van der Waals surface area contributed by atoms with Crippen LogP contribution in [-0.2, 0) is 12.8 Å². The number of piperidine rings is 1. The quantitative estimate of drug-likeness (QED) is 0.314. The molecular formula is C35H44N4O2. The third-order valence-electron chi connectivity index (χ3n) is 8.76. The van der Waals surface area contributed by atoms with E-state index >= 15 is 0 Å². The molecule has 2 N–H and O–H groups in total. The zero-order valence-corrected chi connectivity index (χ0v) is 24.6. The number of likely N-dealkylation sites (tertiary alicyclic amines) is 1. The van der Waals surface area contributed by atoms with Crippen LogP contribution in [0.3, 0.4) is 0 Å². The molecule has 0 bridgehead atoms. The van der Waals surface area contributed by atoms with Crippen molar-refractivity contribution in [3.05, 3.63) is 89.5 Å². The summed E-state index contributed by atoms with van der Waals surface area (Å²) in [6.07, 6.45) is 6.36. The molecule has 3 aromatic carbocycles. The molecule has 1 fully saturated rings. The van der Waals surface area contributed by atoms with E-state index in [9.17, 15) is 9.59 Å². The fourth-order valence-electron chi connectivity index (χ4n) is 6.31. The van der Waals surface area contributed by atoms with Crippen LogP contribution in [0.2, 0.25) is 0 Å². The van der Waals surface area contributed by atoms with Crippen LogP contribution in [0.5, 0.6) is 0 Å². The summed E-state index contributed by atoms with van der Waals surface area (Å²) in [6, 6.07) is 25.0. The topological polar surface area (TPSA) is 64.7 Å². The number of aryl methyl sites for hydroxylation is 1. The molecule has 41 heavy (non-hydrogen) atoms. The Kier molecular flexibility index (Phi) is 9.73. The maximum absolute atomic E-state index is 13.0. The van der Waals surface area contributed by atoms with Crippen molar-refractivity contribution in [2.45, 2.75) is 58.4 Å². The van der Waals surface area contributed by atoms with Gasteiger partial charge in [0.1, 0.15) is 0 Å². The van der Waals surface area contributed by atoms with Crippen molar-refractivity contribution in [2.75, 3.05) is 38.0 Å². The third-order valence-corrected chi connectivity index (χ3v) is 8.76. The van der Waals surface area contributed by atoms with Gasteiger partial charge in [0.2, 0.25) is 0 Å². The lowest BCUT2D eigenvalue weighted by molar-refractivity contribution is 0.102. The van der Waals surface area contributed by atoms with E-state index in [-0.39, 0.29) is 11.9 Å². The van der Waals surface area contributed by atoms with Crippen molar-refractivity contribution in [3.63, 3.8) is 0 Å². The van der Waals surface area contributed by atoms with Crippen LogP contribution in [0.1, 0.15) is 61.0 Å². The maximum atomic E-state index is 13.0. The Morgan fingerprint density at radius 2 is 1.61 bits per heavy atom. The number of fused-ring (bicyclic) bond motifs is 1. The summed E-state index contributed by atoms with van der Waals surface area (Å²) in [5.41, 5.74) is 6.51. The average molecular weight is 553 g/mol. The summed E-state index contributed by atoms with van der Waals surface area (Å²) in [6.45, 7) is 8.93. The smallest absolute Gasteiger partial charge is 0.317 e. The van der Waals surface area contributed by atoms with Crippen molar-refractivity contribution in [3.8, 4) is 11.1 Å². The molecule has 1 unspecified atom stereocenters. The fraction of sp³-hybridized carbons (Fsp3) is 0.429. The van der Waals surface area contributed by atoms with Crippen LogP contribution in [-0.4, -0.2) is 60.5 Å². The summed E-state index contributed by atoms with van der Waals surface area (Å²) in [5.74, 6) is 0.548. The summed E-state index contributed by atoms with van der Waals surface area (Å²) < 4.78 is 0. The van der Waals surface area contributed by atoms with Gasteiger partial charge in [-0.25, -0.2) is 4.79 Å². The van der Waals surface area contributed by atoms with E-state index in [1.165, 1.54) is 17.5 Å². The molecular weight excluding hydrogens is 508 g/mol. The van der Waals surface area contributed by atoms with Gasteiger partial charge in [0, 0.05) is 43.5 Å². The zero-order valence-electron chi connectivity index (χ0n) is 24.6. The minimum atomic E-state index is -0.0816. The van der Waals surface area contributed by atoms with Crippen LogP contribution in [0, 0.1) is 5.92 Å². The summed E-state index contributed by atoms with van der Waals surface area (Å²) >= 11 is 0. The number of anilines is 1. The first kappa shape index (κ1) is 28.9. The number of nitrogens with zero attached hydrogens (tertiary/aromatic N) is 2. The number of amides is 3. The number of hydrogen-bond donors (Lipinski definition) is 2. The molecule has 1 atom stereocenters. The van der Waals surface area contributed by atoms with Crippen molar-refractivity contribution in [2.24, 2.45) is 5.92 Å². The highest BCUT2D eigenvalue weighted by Gasteiger charge is 2.28. The van der Waals surface area contributed by atoms with Crippen LogP contribution in [0.15, 0.2) is 72.8 Å². The van der Waals surface area contributed by atoms with E-state index < -0.39 is 0 Å². The predicted molar refractivity (Wildman–Crippen MR) is 167 cm³/mol. The number of hydrogen-bond acceptors (Lipinski definition) is 3. The molecule has 1 saturated heterocycles. The Balaban J connectivity index is 1.16. The number of likely N-dealkylation sites (N-methyl/N-ethyl adjacent to an activating group) is 1. The standard InChI is InChI=1S/C35H44N4O2/c1-3-20-36-35(41)39-21-18-26(19-22-39)25-38(4-2)33-17-15-29-14-16-32(23-31(29)24-33)37-34(40)30-12-10-28(11-13-30)27-8-6-5-7-9-27/h5-14,16,23,26,33H,3-4,15,17-22,24-25H2,1-2H3,(H,36,41)(H,37,40). The number of urea groups is 1. The van der Waals surface area contributed by atoms with Gasteiger partial charge in [-0.3, -0.25) is 4.79 Å². The van der Waals surface area contributed by atoms with Crippen LogP contribution in [0.25, 0.3) is 11.1 Å². The normalized spacial score (nSPS) is 17.2. The second kappa shape index (κ2) is 13.8. The molecule has 3 amide bonds. The molecule has 1 heterocycles. The Bertz CT molecular complexity index is 1300. The fourth-order valence-corrected chi connectivity index (χ4v) is 6.31. The molecule has 0 radical (unpaired) electrons. The van der Waals surface area contributed by atoms with Crippen molar-refractivity contribution in [1.82, 2.24) is 15.1 Å². The number of carbonyl (C=O) groups excluding carboxylic acids is 2. The summed E-state index contributed by atoms with van der Waals surface area (Å²) in [7, 11) is 0. The van der Waals surface area contributed by atoms with Gasteiger partial charge in [-0.2, -0.15) is 0 Å². The molecule has 2 aliphatic rings. The lowest BCUT2D eigenvalue weighted by Gasteiger charge is -2.39. The van der Waals surface area contributed by atoms with Gasteiger partial charge in [-0.1, -0.05) is 62.4 Å². The summed E-state index contributed by atoms with van der Waals surface area (Å²) in [4.78, 5) is 30.0. The summed E-state index contributed by atoms with van der Waals surface area (Å²) in [5, 5.41) is 6.14. The van der Waals surface area contributed by atoms with Gasteiger partial charge in [0.25, 0.3) is 5.91 Å². The van der Waals surface area contributed by atoms with E-state index in [4.69, 9.17) is 0 Å². The number of rotatable bonds is 9. The van der Waals surface area contributed by atoms with Gasteiger partial charge < -0.3 is 20.4 Å². The van der Waals surface area contributed by atoms with Gasteiger partial charge in [-0.05, 0) is 97.5 Å². The van der Waals surface area contributed by atoms with E-state index in [2.05, 4.69) is 53.6 Å². The first-order valence-corrected chi connectivity index (χ1v) is 15.4. The molecule has 216 valence electrons. The second-order valence-electron chi connectivity index (χ2n) is 11.5. The van der Waals surface area contributed by atoms with Gasteiger partial charge in [-0.15, -0.1) is 0 Å². The third kappa shape index (κ3) is 7.36. The molecule has 0 saturated carbocycles. The second-order valence-corrected chi connectivity index (χ2v) is 11.5. The highest BCUT2D eigenvalue weighted by Crippen LogP contribution is 2.29. The minimum absolute atomic E-state index is 0.0816. The molecule has 6 heteroatoms. The molecule has 0 spiro atoms. The first-order valence-electron chi connectivity index (χ1n) is 15.4. The Morgan fingerprint density at radius 3 is 2.32 bits per heavy atom. The number of nitrogens with one attached hydrogen (secondary N) is 2. The molecule has 6 nitrogen and oxygen atoms in total. The van der Waals surface area contributed by atoms with Crippen molar-refractivity contribution >= 4 is 17.6 Å². The minimum Gasteiger partial charge on any atom is -0.338 e. The molecule has 0 aromatic heterocycles. The van der Waals surface area contributed by atoms with E-state index in [1.54, 1.807) is 0 Å². The SMILES string of the molecule is CCCNC(=O)N1CCC(CN(CC)C2CCc3ccc(NC(=O)c4ccc(-c5ccccc5)cc4)cc3C2)CC1. The van der Waals surface area contributed by atoms with Gasteiger partial charge >= 0.3 is 6.03 Å². The van der Waals surface area contributed by atoms with E-state index in [0.717, 1.165) is 81.6 Å². The maximum Gasteiger partial charge on any atom is 0.317 e. The zero-order chi connectivity index (χ0) is 28.6. The molecule has 3 aromatic rings. The molecule has 5 rings (SSSR count). The van der Waals surface area contributed by atoms with Crippen LogP contribution < -0.4 is 10.6 Å². The van der Waals surface area contributed by atoms with Gasteiger partial charge in [0.05, 0.1) is 0 Å². The van der Waals surface area contributed by atoms with Crippen LogP contribution in [0.4, 0.5) is 10.5 Å². The average Bonchev–Trinajstić information content (AvgIpc) is 3.03. The number of carbonyl (C=O) groups is 2. The molecule has 1 aliphatic carbocycles. The van der Waals surface area contributed by atoms with E-state index in [0.29, 0.717) is 17.5 Å². The number of benzene rings is 3. The van der Waals surface area contributed by atoms with Gasteiger partial charge in [0.15, 0.2) is 0 Å². The Morgan fingerprint density at radius 1 is 0.878 bits per heavy atom. The molecule has 1 aliphatic heterocycles. The lowest BCUT2D eigenvalue weighted by Crippen LogP contribution is -2.47. The Hall–Kier alpha value is -3.64. The monoisotopic (exact) mass is 552 g/mol. The van der Waals surface area contributed by atoms with E-state index in [1.807, 2.05) is 53.4 Å². The lowest BCUT2D eigenvalue weighted by atomic mass is 9.86.